The Morgan fingerprint density at radius 2 is 1.66 bits per heavy atom. The molecular weight excluding hydrogens is 360 g/mol. The van der Waals surface area contributed by atoms with Crippen LogP contribution >= 0.6 is 0 Å². The van der Waals surface area contributed by atoms with E-state index in [4.69, 9.17) is 0 Å². The predicted octanol–water partition coefficient (Wildman–Crippen LogP) is 5.13. The van der Waals surface area contributed by atoms with Crippen LogP contribution in [-0.4, -0.2) is 27.7 Å². The van der Waals surface area contributed by atoms with Crippen LogP contribution in [0.15, 0.2) is 0 Å². The van der Waals surface area contributed by atoms with E-state index in [0.717, 1.165) is 38.5 Å². The minimum atomic E-state index is -0.733. The first-order valence-corrected chi connectivity index (χ1v) is 12.5. The standard InChI is InChI=1S/C26H42O3/c1-16-13-20-21(24(4)11-8-19(28)15-26(16,24)29)9-12-23(3)22(20)14-18-7-5-6-10-25(18,23)17(2)27/h16,18-22,28-29H,5-15H2,1-4H3/t16-,18+,19-,20-,21+,22+,23-,24+,25+,26-/m0/s1. The summed E-state index contributed by atoms with van der Waals surface area (Å²) in [6.07, 6.45) is 11.5. The van der Waals surface area contributed by atoms with Gasteiger partial charge in [0.05, 0.1) is 11.7 Å². The molecule has 0 aliphatic heterocycles. The van der Waals surface area contributed by atoms with Gasteiger partial charge in [-0.3, -0.25) is 4.79 Å². The lowest BCUT2D eigenvalue weighted by molar-refractivity contribution is -0.246. The van der Waals surface area contributed by atoms with Gasteiger partial charge in [0.15, 0.2) is 0 Å². The van der Waals surface area contributed by atoms with Gasteiger partial charge in [0, 0.05) is 11.8 Å². The molecule has 0 amide bonds. The normalized spacial score (nSPS) is 59.2. The van der Waals surface area contributed by atoms with E-state index in [1.807, 2.05) is 6.92 Å². The Morgan fingerprint density at radius 3 is 2.38 bits per heavy atom. The summed E-state index contributed by atoms with van der Waals surface area (Å²) in [5.41, 5.74) is -0.761. The number of hydrogen-bond acceptors (Lipinski definition) is 3. The molecular formula is C26H42O3. The predicted molar refractivity (Wildman–Crippen MR) is 114 cm³/mol. The average Bonchev–Trinajstić information content (AvgIpc) is 2.95. The highest BCUT2D eigenvalue weighted by Crippen LogP contribution is 2.75. The molecule has 0 aromatic carbocycles. The highest BCUT2D eigenvalue weighted by molar-refractivity contribution is 5.84. The molecule has 0 aromatic heterocycles. The van der Waals surface area contributed by atoms with Crippen LogP contribution in [0.4, 0.5) is 0 Å². The molecule has 0 bridgehead atoms. The molecule has 0 saturated heterocycles. The molecule has 2 N–H and O–H groups in total. The van der Waals surface area contributed by atoms with E-state index in [-0.39, 0.29) is 28.3 Å². The Morgan fingerprint density at radius 1 is 0.931 bits per heavy atom. The number of aliphatic hydroxyl groups excluding tert-OH is 1. The molecule has 10 atom stereocenters. The van der Waals surface area contributed by atoms with E-state index in [0.29, 0.717) is 35.9 Å². The third-order valence-electron chi connectivity index (χ3n) is 11.9. The smallest absolute Gasteiger partial charge is 0.136 e. The Kier molecular flexibility index (Phi) is 4.46. The lowest BCUT2D eigenvalue weighted by Gasteiger charge is -2.66. The van der Waals surface area contributed by atoms with Crippen LogP contribution in [0.2, 0.25) is 0 Å². The number of rotatable bonds is 1. The fourth-order valence-corrected chi connectivity index (χ4v) is 10.5. The van der Waals surface area contributed by atoms with Crippen LogP contribution in [0.3, 0.4) is 0 Å². The molecule has 5 fully saturated rings. The largest absolute Gasteiger partial charge is 0.393 e. The molecule has 29 heavy (non-hydrogen) atoms. The molecule has 0 spiro atoms. The first kappa shape index (κ1) is 20.5. The van der Waals surface area contributed by atoms with Crippen molar-refractivity contribution in [1.82, 2.24) is 0 Å². The number of aliphatic hydroxyl groups is 2. The highest BCUT2D eigenvalue weighted by Gasteiger charge is 2.71. The van der Waals surface area contributed by atoms with Crippen molar-refractivity contribution < 1.29 is 15.0 Å². The lowest BCUT2D eigenvalue weighted by Crippen LogP contribution is -2.66. The van der Waals surface area contributed by atoms with Gasteiger partial charge in [0.25, 0.3) is 0 Å². The van der Waals surface area contributed by atoms with E-state index in [2.05, 4.69) is 20.8 Å². The van der Waals surface area contributed by atoms with Crippen molar-refractivity contribution in [2.24, 2.45) is 45.8 Å². The highest BCUT2D eigenvalue weighted by atomic mass is 16.3. The first-order valence-electron chi connectivity index (χ1n) is 12.5. The molecule has 164 valence electrons. The van der Waals surface area contributed by atoms with E-state index in [1.165, 1.54) is 25.7 Å². The fourth-order valence-electron chi connectivity index (χ4n) is 10.5. The summed E-state index contributed by atoms with van der Waals surface area (Å²) in [4.78, 5) is 13.2. The quantitative estimate of drug-likeness (QED) is 0.639. The Labute approximate surface area is 177 Å². The second kappa shape index (κ2) is 6.31. The summed E-state index contributed by atoms with van der Waals surface area (Å²) in [7, 11) is 0. The molecule has 5 rings (SSSR count). The Balaban J connectivity index is 1.55. The number of carbonyl (C=O) groups is 1. The summed E-state index contributed by atoms with van der Waals surface area (Å²) in [5, 5.41) is 22.2. The van der Waals surface area contributed by atoms with Crippen molar-refractivity contribution >= 4 is 5.78 Å². The molecule has 0 heterocycles. The Hall–Kier alpha value is -0.410. The van der Waals surface area contributed by atoms with Gasteiger partial charge in [-0.2, -0.15) is 0 Å². The zero-order valence-electron chi connectivity index (χ0n) is 19.0. The maximum Gasteiger partial charge on any atom is 0.136 e. The van der Waals surface area contributed by atoms with Crippen LogP contribution in [-0.2, 0) is 4.79 Å². The second-order valence-corrected chi connectivity index (χ2v) is 12.4. The van der Waals surface area contributed by atoms with E-state index in [9.17, 15) is 15.0 Å². The third-order valence-corrected chi connectivity index (χ3v) is 11.9. The van der Waals surface area contributed by atoms with Crippen LogP contribution in [0.25, 0.3) is 0 Å². The van der Waals surface area contributed by atoms with Crippen molar-refractivity contribution in [3.63, 3.8) is 0 Å². The number of hydrogen-bond donors (Lipinski definition) is 2. The van der Waals surface area contributed by atoms with Gasteiger partial charge < -0.3 is 10.2 Å². The van der Waals surface area contributed by atoms with Gasteiger partial charge in [-0.15, -0.1) is 0 Å². The van der Waals surface area contributed by atoms with Crippen molar-refractivity contribution in [1.29, 1.82) is 0 Å². The molecule has 5 saturated carbocycles. The third kappa shape index (κ3) is 2.30. The van der Waals surface area contributed by atoms with Crippen molar-refractivity contribution in [2.45, 2.75) is 110 Å². The van der Waals surface area contributed by atoms with E-state index < -0.39 is 5.60 Å². The molecule has 5 aliphatic rings. The second-order valence-electron chi connectivity index (χ2n) is 12.4. The summed E-state index contributed by atoms with van der Waals surface area (Å²) >= 11 is 0. The summed E-state index contributed by atoms with van der Waals surface area (Å²) in [6, 6.07) is 0. The summed E-state index contributed by atoms with van der Waals surface area (Å²) in [5.74, 6) is 3.08. The van der Waals surface area contributed by atoms with Crippen molar-refractivity contribution in [2.75, 3.05) is 0 Å². The molecule has 0 aromatic rings. The monoisotopic (exact) mass is 402 g/mol. The zero-order valence-corrected chi connectivity index (χ0v) is 19.0. The maximum absolute atomic E-state index is 13.2. The number of fused-ring (bicyclic) bond motifs is 7. The van der Waals surface area contributed by atoms with Gasteiger partial charge in [-0.1, -0.05) is 33.6 Å². The van der Waals surface area contributed by atoms with Crippen molar-refractivity contribution in [3.05, 3.63) is 0 Å². The number of Topliss-reactive ketones (excluding diaryl/α,β-unsaturated/α-hetero) is 1. The van der Waals surface area contributed by atoms with Crippen LogP contribution in [0.5, 0.6) is 0 Å². The topological polar surface area (TPSA) is 57.5 Å². The molecule has 0 radical (unpaired) electrons. The van der Waals surface area contributed by atoms with Gasteiger partial charge in [-0.25, -0.2) is 0 Å². The summed E-state index contributed by atoms with van der Waals surface area (Å²) < 4.78 is 0. The zero-order chi connectivity index (χ0) is 20.8. The van der Waals surface area contributed by atoms with Gasteiger partial charge >= 0.3 is 0 Å². The summed E-state index contributed by atoms with van der Waals surface area (Å²) in [6.45, 7) is 8.96. The Bertz CT molecular complexity index is 704. The first-order chi connectivity index (χ1) is 13.6. The molecule has 3 nitrogen and oxygen atoms in total. The van der Waals surface area contributed by atoms with Crippen molar-refractivity contribution in [3.8, 4) is 0 Å². The SMILES string of the molecule is CC(=O)[C@]12CCCC[C@@H]1C[C@@H]1[C@H]3C[C@H](C)[C@@]4(O)C[C@@H](O)CC[C@]4(C)[C@@H]3CC[C@@]12C. The molecule has 0 unspecified atom stereocenters. The lowest BCUT2D eigenvalue weighted by atomic mass is 9.40. The van der Waals surface area contributed by atoms with E-state index in [1.54, 1.807) is 0 Å². The maximum atomic E-state index is 13.2. The van der Waals surface area contributed by atoms with Gasteiger partial charge in [-0.05, 0) is 98.7 Å². The van der Waals surface area contributed by atoms with Crippen LogP contribution in [0, 0.1) is 45.8 Å². The minimum Gasteiger partial charge on any atom is -0.393 e. The van der Waals surface area contributed by atoms with E-state index >= 15 is 0 Å². The van der Waals surface area contributed by atoms with Crippen LogP contribution < -0.4 is 0 Å². The minimum absolute atomic E-state index is 0.0818. The van der Waals surface area contributed by atoms with Gasteiger partial charge in [0.1, 0.15) is 5.78 Å². The fraction of sp³-hybridized carbons (Fsp3) is 0.962. The molecule has 3 heteroatoms. The average molecular weight is 403 g/mol. The number of carbonyl (C=O) groups excluding carboxylic acids is 1. The van der Waals surface area contributed by atoms with Crippen LogP contribution in [0.1, 0.15) is 98.3 Å². The van der Waals surface area contributed by atoms with Gasteiger partial charge in [0.2, 0.25) is 0 Å². The molecule has 5 aliphatic carbocycles. The number of ketones is 1.